The maximum atomic E-state index is 14.5. The highest BCUT2D eigenvalue weighted by atomic mass is 79.9. The van der Waals surface area contributed by atoms with E-state index in [1.54, 1.807) is 12.1 Å². The molecule has 1 N–H and O–H groups in total. The molecule has 112 valence electrons. The second kappa shape index (κ2) is 7.23. The van der Waals surface area contributed by atoms with E-state index < -0.39 is 5.82 Å². The Morgan fingerprint density at radius 1 is 1.19 bits per heavy atom. The first-order valence-electron chi connectivity index (χ1n) is 6.59. The highest BCUT2D eigenvalue weighted by Gasteiger charge is 2.22. The lowest BCUT2D eigenvalue weighted by molar-refractivity contribution is 0.557. The Kier molecular flexibility index (Phi) is 5.83. The topological polar surface area (TPSA) is 12.0 Å². The Hall–Kier alpha value is -0.420. The number of aryl methyl sites for hydroxylation is 1. The van der Waals surface area contributed by atoms with E-state index in [0.717, 1.165) is 22.1 Å². The van der Waals surface area contributed by atoms with E-state index in [9.17, 15) is 4.39 Å². The van der Waals surface area contributed by atoms with Crippen molar-refractivity contribution in [3.05, 3.63) is 66.8 Å². The molecule has 0 aliphatic carbocycles. The summed E-state index contributed by atoms with van der Waals surface area (Å²) >= 11 is 12.9. The summed E-state index contributed by atoms with van der Waals surface area (Å²) in [6.45, 7) is 4.73. The molecule has 1 nitrogen and oxygen atoms in total. The van der Waals surface area contributed by atoms with Crippen LogP contribution in [0.4, 0.5) is 4.39 Å². The summed E-state index contributed by atoms with van der Waals surface area (Å²) in [6, 6.07) is 9.25. The van der Waals surface area contributed by atoms with Crippen molar-refractivity contribution in [2.75, 3.05) is 6.54 Å². The van der Waals surface area contributed by atoms with Gasteiger partial charge in [0, 0.05) is 14.5 Å². The van der Waals surface area contributed by atoms with Gasteiger partial charge in [0.1, 0.15) is 5.82 Å². The predicted molar refractivity (Wildman–Crippen MR) is 93.5 cm³/mol. The van der Waals surface area contributed by atoms with Crippen molar-refractivity contribution in [3.8, 4) is 0 Å². The van der Waals surface area contributed by atoms with E-state index in [-0.39, 0.29) is 11.1 Å². The Bertz CT molecular complexity index is 661. The molecule has 0 radical (unpaired) electrons. The Morgan fingerprint density at radius 3 is 2.57 bits per heavy atom. The van der Waals surface area contributed by atoms with Gasteiger partial charge >= 0.3 is 0 Å². The minimum Gasteiger partial charge on any atom is -0.306 e. The molecule has 0 aliphatic heterocycles. The average molecular weight is 436 g/mol. The third-order valence-corrected chi connectivity index (χ3v) is 5.66. The lowest BCUT2D eigenvalue weighted by atomic mass is 9.97. The van der Waals surface area contributed by atoms with Gasteiger partial charge in [0.25, 0.3) is 0 Å². The van der Waals surface area contributed by atoms with Gasteiger partial charge in [-0.15, -0.1) is 0 Å². The molecule has 0 bridgehead atoms. The summed E-state index contributed by atoms with van der Waals surface area (Å²) in [6.07, 6.45) is 0. The molecule has 0 aromatic heterocycles. The fourth-order valence-electron chi connectivity index (χ4n) is 2.25. The number of hydrogen-bond acceptors (Lipinski definition) is 1. The van der Waals surface area contributed by atoms with Gasteiger partial charge in [0.2, 0.25) is 0 Å². The molecule has 0 amide bonds. The molecule has 5 heteroatoms. The zero-order valence-corrected chi connectivity index (χ0v) is 15.6. The minimum atomic E-state index is -0.398. The van der Waals surface area contributed by atoms with E-state index in [4.69, 9.17) is 11.6 Å². The van der Waals surface area contributed by atoms with Crippen LogP contribution in [0.1, 0.15) is 29.7 Å². The first-order valence-corrected chi connectivity index (χ1v) is 8.55. The van der Waals surface area contributed by atoms with Crippen molar-refractivity contribution >= 4 is 43.5 Å². The highest BCUT2D eigenvalue weighted by molar-refractivity contribution is 9.10. The lowest BCUT2D eigenvalue weighted by Gasteiger charge is -2.22. The molecule has 0 saturated carbocycles. The average Bonchev–Trinajstić information content (AvgIpc) is 2.46. The van der Waals surface area contributed by atoms with Crippen LogP contribution >= 0.6 is 43.5 Å². The van der Waals surface area contributed by atoms with Crippen LogP contribution < -0.4 is 5.32 Å². The first-order chi connectivity index (χ1) is 9.97. The van der Waals surface area contributed by atoms with E-state index in [0.29, 0.717) is 10.0 Å². The molecule has 2 rings (SSSR count). The molecule has 0 heterocycles. The zero-order valence-electron chi connectivity index (χ0n) is 11.7. The molecule has 0 spiro atoms. The Balaban J connectivity index is 2.59. The number of rotatable bonds is 4. The first kappa shape index (κ1) is 16.9. The van der Waals surface area contributed by atoms with Crippen LogP contribution in [0.3, 0.4) is 0 Å². The summed E-state index contributed by atoms with van der Waals surface area (Å²) in [5, 5.41) is 3.44. The van der Waals surface area contributed by atoms with Crippen molar-refractivity contribution in [1.82, 2.24) is 5.32 Å². The summed E-state index contributed by atoms with van der Waals surface area (Å²) < 4.78 is 16.1. The molecule has 0 fully saturated rings. The van der Waals surface area contributed by atoms with Gasteiger partial charge in [0.15, 0.2) is 0 Å². The van der Waals surface area contributed by atoms with Crippen molar-refractivity contribution < 1.29 is 4.39 Å². The fourth-order valence-corrected chi connectivity index (χ4v) is 3.22. The largest absolute Gasteiger partial charge is 0.306 e. The van der Waals surface area contributed by atoms with Crippen LogP contribution in [0, 0.1) is 12.7 Å². The van der Waals surface area contributed by atoms with E-state index in [2.05, 4.69) is 37.2 Å². The van der Waals surface area contributed by atoms with E-state index in [1.165, 1.54) is 0 Å². The number of hydrogen-bond donors (Lipinski definition) is 1. The van der Waals surface area contributed by atoms with Gasteiger partial charge in [-0.25, -0.2) is 4.39 Å². The maximum Gasteiger partial charge on any atom is 0.148 e. The normalized spacial score (nSPS) is 12.5. The summed E-state index contributed by atoms with van der Waals surface area (Å²) in [7, 11) is 0. The molecule has 21 heavy (non-hydrogen) atoms. The van der Waals surface area contributed by atoms with Crippen molar-refractivity contribution in [1.29, 1.82) is 0 Å². The summed E-state index contributed by atoms with van der Waals surface area (Å²) in [5.74, 6) is -0.398. The van der Waals surface area contributed by atoms with Gasteiger partial charge in [-0.05, 0) is 46.6 Å². The van der Waals surface area contributed by atoms with Crippen LogP contribution in [0.5, 0.6) is 0 Å². The molecule has 2 aromatic carbocycles. The van der Waals surface area contributed by atoms with E-state index in [1.807, 2.05) is 32.0 Å². The molecule has 0 aliphatic rings. The van der Waals surface area contributed by atoms with Crippen LogP contribution in [0.2, 0.25) is 5.02 Å². The maximum absolute atomic E-state index is 14.5. The second-order valence-corrected chi connectivity index (χ2v) is 6.76. The third-order valence-electron chi connectivity index (χ3n) is 3.32. The Labute approximate surface area is 146 Å². The number of nitrogens with one attached hydrogen (secondary N) is 1. The summed E-state index contributed by atoms with van der Waals surface area (Å²) in [4.78, 5) is 0. The van der Waals surface area contributed by atoms with Gasteiger partial charge < -0.3 is 5.32 Å². The lowest BCUT2D eigenvalue weighted by Crippen LogP contribution is -2.23. The molecule has 1 unspecified atom stereocenters. The van der Waals surface area contributed by atoms with Gasteiger partial charge in [0.05, 0.1) is 11.1 Å². The third kappa shape index (κ3) is 3.50. The van der Waals surface area contributed by atoms with E-state index >= 15 is 0 Å². The van der Waals surface area contributed by atoms with Crippen LogP contribution in [-0.2, 0) is 0 Å². The van der Waals surface area contributed by atoms with Crippen LogP contribution in [-0.4, -0.2) is 6.54 Å². The van der Waals surface area contributed by atoms with Crippen LogP contribution in [0.25, 0.3) is 0 Å². The van der Waals surface area contributed by atoms with Crippen molar-refractivity contribution in [3.63, 3.8) is 0 Å². The Morgan fingerprint density at radius 2 is 1.90 bits per heavy atom. The fraction of sp³-hybridized carbons (Fsp3) is 0.250. The number of halogens is 4. The highest BCUT2D eigenvalue weighted by Crippen LogP contribution is 2.36. The molecular weight excluding hydrogens is 420 g/mol. The quantitative estimate of drug-likeness (QED) is 0.580. The van der Waals surface area contributed by atoms with Crippen LogP contribution in [0.15, 0.2) is 39.3 Å². The molecule has 1 atom stereocenters. The van der Waals surface area contributed by atoms with Crippen molar-refractivity contribution in [2.24, 2.45) is 0 Å². The monoisotopic (exact) mass is 433 g/mol. The smallest absolute Gasteiger partial charge is 0.148 e. The second-order valence-electron chi connectivity index (χ2n) is 4.73. The predicted octanol–water partition coefficient (Wildman–Crippen LogP) is 6.01. The zero-order chi connectivity index (χ0) is 15.6. The van der Waals surface area contributed by atoms with Gasteiger partial charge in [-0.3, -0.25) is 0 Å². The van der Waals surface area contributed by atoms with Gasteiger partial charge in [-0.2, -0.15) is 0 Å². The SMILES string of the molecule is CCNC(c1ccc(Br)c(Cl)c1F)c1cccc(C)c1Br. The standard InChI is InChI=1S/C16H15Br2ClFN/c1-3-21-16(10-6-4-5-9(2)13(10)18)11-7-8-12(17)14(19)15(11)20/h4-8,16,21H,3H2,1-2H3. The molecule has 0 saturated heterocycles. The summed E-state index contributed by atoms with van der Waals surface area (Å²) in [5.41, 5.74) is 2.64. The van der Waals surface area contributed by atoms with Gasteiger partial charge in [-0.1, -0.05) is 58.7 Å². The molecule has 2 aromatic rings. The van der Waals surface area contributed by atoms with Crippen molar-refractivity contribution in [2.45, 2.75) is 19.9 Å². The molecular formula is C16H15Br2ClFN. The minimum absolute atomic E-state index is 0.110. The number of benzene rings is 2.